The lowest BCUT2D eigenvalue weighted by Gasteiger charge is -2.13. The molecule has 0 saturated carbocycles. The van der Waals surface area contributed by atoms with Gasteiger partial charge in [-0.1, -0.05) is 29.8 Å². The first-order valence-electron chi connectivity index (χ1n) is 9.85. The van der Waals surface area contributed by atoms with Gasteiger partial charge in [-0.15, -0.1) is 13.2 Å². The number of halogens is 4. The molecule has 2 aromatic heterocycles. The highest BCUT2D eigenvalue weighted by atomic mass is 35.5. The first-order chi connectivity index (χ1) is 16.0. The monoisotopic (exact) mass is 491 g/mol. The number of rotatable bonds is 5. The predicted octanol–water partition coefficient (Wildman–Crippen LogP) is 3.95. The van der Waals surface area contributed by atoms with Crippen LogP contribution in [0.3, 0.4) is 0 Å². The van der Waals surface area contributed by atoms with Crippen LogP contribution in [0.5, 0.6) is 5.75 Å². The Hall–Kier alpha value is -3.86. The maximum atomic E-state index is 12.8. The SMILES string of the molecule is CN(C)C(=O)c1ccc(Cl)c(-n2ncc3c(=O)[nH]c(Cc4ccccc4OC(F)(F)F)nc32)c1. The van der Waals surface area contributed by atoms with E-state index < -0.39 is 17.7 Å². The molecule has 0 spiro atoms. The van der Waals surface area contributed by atoms with Gasteiger partial charge in [0.2, 0.25) is 0 Å². The number of hydrogen-bond acceptors (Lipinski definition) is 5. The topological polar surface area (TPSA) is 93.1 Å². The Morgan fingerprint density at radius 1 is 1.21 bits per heavy atom. The van der Waals surface area contributed by atoms with Crippen molar-refractivity contribution in [1.29, 1.82) is 0 Å². The van der Waals surface area contributed by atoms with Crippen molar-refractivity contribution in [2.75, 3.05) is 14.1 Å². The molecule has 0 fully saturated rings. The minimum atomic E-state index is -4.87. The van der Waals surface area contributed by atoms with E-state index in [9.17, 15) is 22.8 Å². The summed E-state index contributed by atoms with van der Waals surface area (Å²) in [6.07, 6.45) is -3.72. The maximum absolute atomic E-state index is 12.8. The van der Waals surface area contributed by atoms with Gasteiger partial charge in [-0.3, -0.25) is 9.59 Å². The van der Waals surface area contributed by atoms with Crippen LogP contribution in [0.15, 0.2) is 53.5 Å². The zero-order valence-electron chi connectivity index (χ0n) is 17.9. The van der Waals surface area contributed by atoms with E-state index in [-0.39, 0.29) is 39.8 Å². The number of benzene rings is 2. The van der Waals surface area contributed by atoms with Crippen molar-refractivity contribution in [3.05, 3.63) is 81.0 Å². The molecule has 0 aliphatic rings. The van der Waals surface area contributed by atoms with Crippen LogP contribution in [-0.2, 0) is 6.42 Å². The third-order valence-electron chi connectivity index (χ3n) is 4.87. The number of aromatic nitrogens is 4. The number of H-pyrrole nitrogens is 1. The number of nitrogens with zero attached hydrogens (tertiary/aromatic N) is 4. The fraction of sp³-hybridized carbons (Fsp3) is 0.182. The molecular weight excluding hydrogens is 475 g/mol. The van der Waals surface area contributed by atoms with Gasteiger partial charge in [0.05, 0.1) is 16.9 Å². The minimum Gasteiger partial charge on any atom is -0.405 e. The van der Waals surface area contributed by atoms with E-state index >= 15 is 0 Å². The first-order valence-corrected chi connectivity index (χ1v) is 10.2. The third kappa shape index (κ3) is 4.74. The van der Waals surface area contributed by atoms with Crippen LogP contribution in [0.4, 0.5) is 13.2 Å². The Balaban J connectivity index is 1.79. The normalized spacial score (nSPS) is 11.6. The molecule has 8 nitrogen and oxygen atoms in total. The molecule has 12 heteroatoms. The van der Waals surface area contributed by atoms with Gasteiger partial charge >= 0.3 is 6.36 Å². The summed E-state index contributed by atoms with van der Waals surface area (Å²) in [5, 5.41) is 4.60. The molecule has 4 aromatic rings. The van der Waals surface area contributed by atoms with Gasteiger partial charge < -0.3 is 14.6 Å². The van der Waals surface area contributed by atoms with Crippen molar-refractivity contribution < 1.29 is 22.7 Å². The number of fused-ring (bicyclic) bond motifs is 1. The number of ether oxygens (including phenoxy) is 1. The van der Waals surface area contributed by atoms with Gasteiger partial charge in [0.1, 0.15) is 17.0 Å². The summed E-state index contributed by atoms with van der Waals surface area (Å²) in [5.41, 5.74) is 0.428. The molecule has 0 radical (unpaired) electrons. The lowest BCUT2D eigenvalue weighted by Crippen LogP contribution is -2.21. The zero-order chi connectivity index (χ0) is 24.6. The van der Waals surface area contributed by atoms with E-state index in [2.05, 4.69) is 19.8 Å². The lowest BCUT2D eigenvalue weighted by molar-refractivity contribution is -0.274. The van der Waals surface area contributed by atoms with Crippen molar-refractivity contribution in [2.45, 2.75) is 12.8 Å². The molecule has 0 aliphatic carbocycles. The summed E-state index contributed by atoms with van der Waals surface area (Å²) in [6, 6.07) is 10.2. The second kappa shape index (κ2) is 8.82. The van der Waals surface area contributed by atoms with E-state index in [1.54, 1.807) is 26.2 Å². The smallest absolute Gasteiger partial charge is 0.405 e. The fourth-order valence-corrected chi connectivity index (χ4v) is 3.54. The Kier molecular flexibility index (Phi) is 6.05. The van der Waals surface area contributed by atoms with Crippen molar-refractivity contribution >= 4 is 28.5 Å². The number of amides is 1. The summed E-state index contributed by atoms with van der Waals surface area (Å²) in [4.78, 5) is 33.4. The van der Waals surface area contributed by atoms with Crippen molar-refractivity contribution in [3.8, 4) is 11.4 Å². The summed E-state index contributed by atoms with van der Waals surface area (Å²) in [6.45, 7) is 0. The Morgan fingerprint density at radius 2 is 1.94 bits per heavy atom. The van der Waals surface area contributed by atoms with Gasteiger partial charge in [-0.05, 0) is 24.3 Å². The highest BCUT2D eigenvalue weighted by molar-refractivity contribution is 6.32. The number of hydrogen-bond donors (Lipinski definition) is 1. The molecule has 0 atom stereocenters. The molecule has 0 unspecified atom stereocenters. The van der Waals surface area contributed by atoms with Crippen LogP contribution >= 0.6 is 11.6 Å². The van der Waals surface area contributed by atoms with E-state index in [1.165, 1.54) is 46.1 Å². The molecule has 2 heterocycles. The molecule has 1 amide bonds. The largest absolute Gasteiger partial charge is 0.573 e. The first kappa shape index (κ1) is 23.3. The van der Waals surface area contributed by atoms with Crippen molar-refractivity contribution in [1.82, 2.24) is 24.6 Å². The molecular formula is C22H17ClF3N5O3. The lowest BCUT2D eigenvalue weighted by atomic mass is 10.1. The summed E-state index contributed by atoms with van der Waals surface area (Å²) < 4.78 is 43.7. The summed E-state index contributed by atoms with van der Waals surface area (Å²) in [7, 11) is 3.21. The van der Waals surface area contributed by atoms with Crippen LogP contribution in [0.2, 0.25) is 5.02 Å². The van der Waals surface area contributed by atoms with Crippen LogP contribution in [0, 0.1) is 0 Å². The average Bonchev–Trinajstić information content (AvgIpc) is 3.18. The Bertz CT molecular complexity index is 1450. The zero-order valence-corrected chi connectivity index (χ0v) is 18.6. The number of alkyl halides is 3. The molecule has 0 aliphatic heterocycles. The van der Waals surface area contributed by atoms with E-state index in [0.717, 1.165) is 0 Å². The predicted molar refractivity (Wildman–Crippen MR) is 118 cm³/mol. The second-order valence-electron chi connectivity index (χ2n) is 7.50. The standard InChI is InChI=1S/C22H17ClF3N5O3/c1-30(2)21(33)13-7-8-15(23)16(9-13)31-19-14(11-27-31)20(32)29-18(28-19)10-12-5-3-4-6-17(12)34-22(24,25)26/h3-9,11H,10H2,1-2H3,(H,28,29,32). The maximum Gasteiger partial charge on any atom is 0.573 e. The highest BCUT2D eigenvalue weighted by Gasteiger charge is 2.32. The van der Waals surface area contributed by atoms with E-state index in [0.29, 0.717) is 11.3 Å². The molecule has 2 aromatic carbocycles. The fourth-order valence-electron chi connectivity index (χ4n) is 3.34. The second-order valence-corrected chi connectivity index (χ2v) is 7.91. The molecule has 0 saturated heterocycles. The molecule has 4 rings (SSSR count). The molecule has 34 heavy (non-hydrogen) atoms. The number of carbonyl (C=O) groups is 1. The van der Waals surface area contributed by atoms with Crippen LogP contribution in [-0.4, -0.2) is 51.0 Å². The number of nitrogens with one attached hydrogen (secondary N) is 1. The molecule has 176 valence electrons. The van der Waals surface area contributed by atoms with Gasteiger partial charge in [0.25, 0.3) is 11.5 Å². The highest BCUT2D eigenvalue weighted by Crippen LogP contribution is 2.28. The van der Waals surface area contributed by atoms with Gasteiger partial charge in [0.15, 0.2) is 5.65 Å². The van der Waals surface area contributed by atoms with Crippen molar-refractivity contribution in [2.24, 2.45) is 0 Å². The average molecular weight is 492 g/mol. The third-order valence-corrected chi connectivity index (χ3v) is 5.19. The van der Waals surface area contributed by atoms with Gasteiger partial charge in [0, 0.05) is 31.6 Å². The van der Waals surface area contributed by atoms with Crippen LogP contribution in [0.1, 0.15) is 21.7 Å². The van der Waals surface area contributed by atoms with E-state index in [4.69, 9.17) is 11.6 Å². The molecule has 1 N–H and O–H groups in total. The quantitative estimate of drug-likeness (QED) is 0.456. The minimum absolute atomic E-state index is 0.0918. The number of para-hydroxylation sites is 1. The van der Waals surface area contributed by atoms with Gasteiger partial charge in [-0.2, -0.15) is 5.10 Å². The van der Waals surface area contributed by atoms with Crippen LogP contribution in [0.25, 0.3) is 16.7 Å². The van der Waals surface area contributed by atoms with E-state index in [1.807, 2.05) is 0 Å². The summed E-state index contributed by atoms with van der Waals surface area (Å²) in [5.74, 6) is -0.569. The number of aromatic amines is 1. The van der Waals surface area contributed by atoms with Gasteiger partial charge in [-0.25, -0.2) is 9.67 Å². The van der Waals surface area contributed by atoms with Crippen LogP contribution < -0.4 is 10.3 Å². The Labute approximate surface area is 195 Å². The Morgan fingerprint density at radius 3 is 2.65 bits per heavy atom. The summed E-state index contributed by atoms with van der Waals surface area (Å²) >= 11 is 6.34. The number of carbonyl (C=O) groups excluding carboxylic acids is 1. The van der Waals surface area contributed by atoms with Crippen molar-refractivity contribution in [3.63, 3.8) is 0 Å². The molecule has 0 bridgehead atoms.